The third kappa shape index (κ3) is 6.82. The van der Waals surface area contributed by atoms with Crippen molar-refractivity contribution in [2.45, 2.75) is 39.2 Å². The molecule has 18 heavy (non-hydrogen) atoms. The molecule has 1 aliphatic rings. The third-order valence-corrected chi connectivity index (χ3v) is 3.34. The maximum absolute atomic E-state index is 5.10. The van der Waals surface area contributed by atoms with E-state index in [0.29, 0.717) is 6.04 Å². The predicted molar refractivity (Wildman–Crippen MR) is 77.7 cm³/mol. The van der Waals surface area contributed by atoms with Crippen molar-refractivity contribution >= 4 is 0 Å². The van der Waals surface area contributed by atoms with Gasteiger partial charge in [-0.15, -0.1) is 0 Å². The average molecular weight is 252 g/mol. The highest BCUT2D eigenvalue weighted by molar-refractivity contribution is 4.95. The molecule has 1 saturated heterocycles. The second-order valence-electron chi connectivity index (χ2n) is 5.20. The standard InChI is InChI=1S/C15H28N2O/c1-4-18-13-5-9-16-15-7-11-17(12-8-15)10-6-14(2)3/h4,6,15-16H,1,5,7-13H2,2-3H3. The molecule has 0 atom stereocenters. The van der Waals surface area contributed by atoms with Gasteiger partial charge in [0.25, 0.3) is 0 Å². The van der Waals surface area contributed by atoms with Crippen molar-refractivity contribution < 1.29 is 4.74 Å². The fourth-order valence-corrected chi connectivity index (χ4v) is 2.18. The molecule has 1 rings (SSSR count). The van der Waals surface area contributed by atoms with Gasteiger partial charge in [-0.3, -0.25) is 4.90 Å². The number of hydrogen-bond acceptors (Lipinski definition) is 3. The number of ether oxygens (including phenoxy) is 1. The minimum atomic E-state index is 0.691. The molecule has 1 N–H and O–H groups in total. The van der Waals surface area contributed by atoms with E-state index in [4.69, 9.17) is 4.74 Å². The van der Waals surface area contributed by atoms with E-state index in [2.05, 4.69) is 36.7 Å². The van der Waals surface area contributed by atoms with Gasteiger partial charge in [-0.1, -0.05) is 18.2 Å². The van der Waals surface area contributed by atoms with Crippen LogP contribution in [0.4, 0.5) is 0 Å². The zero-order chi connectivity index (χ0) is 13.2. The molecule has 0 unspecified atom stereocenters. The van der Waals surface area contributed by atoms with Crippen molar-refractivity contribution in [1.29, 1.82) is 0 Å². The number of nitrogens with zero attached hydrogens (tertiary/aromatic N) is 1. The molecular formula is C15H28N2O. The molecule has 3 nitrogen and oxygen atoms in total. The van der Waals surface area contributed by atoms with Gasteiger partial charge in [-0.2, -0.15) is 0 Å². The molecule has 0 saturated carbocycles. The summed E-state index contributed by atoms with van der Waals surface area (Å²) in [5, 5.41) is 3.61. The largest absolute Gasteiger partial charge is 0.502 e. The van der Waals surface area contributed by atoms with Crippen molar-refractivity contribution in [2.24, 2.45) is 0 Å². The van der Waals surface area contributed by atoms with Gasteiger partial charge in [0, 0.05) is 12.6 Å². The van der Waals surface area contributed by atoms with Crippen LogP contribution in [0.2, 0.25) is 0 Å². The molecule has 0 aromatic rings. The number of likely N-dealkylation sites (tertiary alicyclic amines) is 1. The van der Waals surface area contributed by atoms with Crippen molar-refractivity contribution in [3.05, 3.63) is 24.5 Å². The molecule has 3 heteroatoms. The van der Waals surface area contributed by atoms with Crippen LogP contribution in [0.25, 0.3) is 0 Å². The number of hydrogen-bond donors (Lipinski definition) is 1. The molecule has 0 spiro atoms. The molecule has 1 fully saturated rings. The first kappa shape index (κ1) is 15.3. The fraction of sp³-hybridized carbons (Fsp3) is 0.733. The first-order valence-corrected chi connectivity index (χ1v) is 7.04. The maximum atomic E-state index is 5.10. The molecule has 0 aliphatic carbocycles. The quantitative estimate of drug-likeness (QED) is 0.408. The molecule has 0 bridgehead atoms. The summed E-state index contributed by atoms with van der Waals surface area (Å²) in [6.45, 7) is 13.2. The van der Waals surface area contributed by atoms with E-state index in [1.807, 2.05) is 0 Å². The Morgan fingerprint density at radius 3 is 2.72 bits per heavy atom. The Kier molecular flexibility index (Phi) is 7.78. The van der Waals surface area contributed by atoms with Crippen LogP contribution in [-0.2, 0) is 4.74 Å². The number of piperidine rings is 1. The topological polar surface area (TPSA) is 24.5 Å². The molecular weight excluding hydrogens is 224 g/mol. The smallest absolute Gasteiger partial charge is 0.0885 e. The van der Waals surface area contributed by atoms with E-state index >= 15 is 0 Å². The van der Waals surface area contributed by atoms with E-state index < -0.39 is 0 Å². The summed E-state index contributed by atoms with van der Waals surface area (Å²) in [4.78, 5) is 2.53. The Labute approximate surface area is 112 Å². The predicted octanol–water partition coefficient (Wildman–Crippen LogP) is 2.56. The molecule has 1 heterocycles. The Bertz CT molecular complexity index is 251. The fourth-order valence-electron chi connectivity index (χ4n) is 2.18. The molecule has 0 amide bonds. The third-order valence-electron chi connectivity index (χ3n) is 3.34. The molecule has 0 aromatic carbocycles. The van der Waals surface area contributed by atoms with Crippen molar-refractivity contribution in [3.8, 4) is 0 Å². The van der Waals surface area contributed by atoms with Gasteiger partial charge in [-0.25, -0.2) is 0 Å². The minimum absolute atomic E-state index is 0.691. The monoisotopic (exact) mass is 252 g/mol. The van der Waals surface area contributed by atoms with Gasteiger partial charge >= 0.3 is 0 Å². The van der Waals surface area contributed by atoms with E-state index in [1.54, 1.807) is 0 Å². The lowest BCUT2D eigenvalue weighted by molar-refractivity contribution is 0.207. The van der Waals surface area contributed by atoms with Crippen LogP contribution in [0.5, 0.6) is 0 Å². The highest BCUT2D eigenvalue weighted by Gasteiger charge is 2.17. The normalized spacial score (nSPS) is 17.4. The van der Waals surface area contributed by atoms with Crippen LogP contribution in [0.1, 0.15) is 33.1 Å². The minimum Gasteiger partial charge on any atom is -0.502 e. The summed E-state index contributed by atoms with van der Waals surface area (Å²) < 4.78 is 5.10. The Morgan fingerprint density at radius 1 is 1.39 bits per heavy atom. The molecule has 104 valence electrons. The Hall–Kier alpha value is -0.800. The van der Waals surface area contributed by atoms with Crippen LogP contribution in [-0.4, -0.2) is 43.7 Å². The second kappa shape index (κ2) is 9.17. The van der Waals surface area contributed by atoms with Crippen LogP contribution in [0.15, 0.2) is 24.5 Å². The highest BCUT2D eigenvalue weighted by Crippen LogP contribution is 2.10. The zero-order valence-corrected chi connectivity index (χ0v) is 12.0. The van der Waals surface area contributed by atoms with Gasteiger partial charge < -0.3 is 10.1 Å². The van der Waals surface area contributed by atoms with Gasteiger partial charge in [0.15, 0.2) is 0 Å². The summed E-state index contributed by atoms with van der Waals surface area (Å²) in [6.07, 6.45) is 7.42. The van der Waals surface area contributed by atoms with Crippen LogP contribution in [0.3, 0.4) is 0 Å². The van der Waals surface area contributed by atoms with Gasteiger partial charge in [-0.05, 0) is 52.7 Å². The van der Waals surface area contributed by atoms with Gasteiger partial charge in [0.05, 0.1) is 12.9 Å². The first-order valence-electron chi connectivity index (χ1n) is 7.04. The van der Waals surface area contributed by atoms with E-state index in [-0.39, 0.29) is 0 Å². The van der Waals surface area contributed by atoms with E-state index in [1.165, 1.54) is 37.8 Å². The lowest BCUT2D eigenvalue weighted by Gasteiger charge is -2.31. The summed E-state index contributed by atoms with van der Waals surface area (Å²) in [6, 6.07) is 0.691. The summed E-state index contributed by atoms with van der Waals surface area (Å²) in [7, 11) is 0. The Morgan fingerprint density at radius 2 is 2.11 bits per heavy atom. The summed E-state index contributed by atoms with van der Waals surface area (Å²) in [5.74, 6) is 0. The van der Waals surface area contributed by atoms with E-state index in [9.17, 15) is 0 Å². The summed E-state index contributed by atoms with van der Waals surface area (Å²) in [5.41, 5.74) is 1.41. The molecule has 0 aromatic heterocycles. The van der Waals surface area contributed by atoms with Crippen molar-refractivity contribution in [1.82, 2.24) is 10.2 Å². The second-order valence-corrected chi connectivity index (χ2v) is 5.20. The zero-order valence-electron chi connectivity index (χ0n) is 12.0. The number of rotatable bonds is 8. The van der Waals surface area contributed by atoms with Gasteiger partial charge in [0.1, 0.15) is 0 Å². The first-order chi connectivity index (χ1) is 8.72. The Balaban J connectivity index is 2.04. The van der Waals surface area contributed by atoms with Crippen molar-refractivity contribution in [3.63, 3.8) is 0 Å². The molecule has 1 aliphatic heterocycles. The van der Waals surface area contributed by atoms with Gasteiger partial charge in [0.2, 0.25) is 0 Å². The number of allylic oxidation sites excluding steroid dienone is 1. The SMILES string of the molecule is C=COCCCNC1CCN(CC=C(C)C)CC1. The van der Waals surface area contributed by atoms with Crippen molar-refractivity contribution in [2.75, 3.05) is 32.8 Å². The summed E-state index contributed by atoms with van der Waals surface area (Å²) >= 11 is 0. The van der Waals surface area contributed by atoms with Crippen LogP contribution in [0, 0.1) is 0 Å². The van der Waals surface area contributed by atoms with Crippen LogP contribution < -0.4 is 5.32 Å². The van der Waals surface area contributed by atoms with E-state index in [0.717, 1.165) is 26.1 Å². The molecule has 0 radical (unpaired) electrons. The maximum Gasteiger partial charge on any atom is 0.0885 e. The highest BCUT2D eigenvalue weighted by atomic mass is 16.5. The average Bonchev–Trinajstić information content (AvgIpc) is 2.37. The number of nitrogens with one attached hydrogen (secondary N) is 1. The van der Waals surface area contributed by atoms with Crippen LogP contribution >= 0.6 is 0 Å². The lowest BCUT2D eigenvalue weighted by Crippen LogP contribution is -2.42. The lowest BCUT2D eigenvalue weighted by atomic mass is 10.0.